The van der Waals surface area contributed by atoms with Gasteiger partial charge in [0, 0.05) is 6.20 Å². The lowest BCUT2D eigenvalue weighted by Crippen LogP contribution is -2.24. The Morgan fingerprint density at radius 3 is 2.83 bits per heavy atom. The molecule has 1 aliphatic heterocycles. The Balaban J connectivity index is 1.63. The largest absolute Gasteiger partial charge is 0.461 e. The van der Waals surface area contributed by atoms with E-state index in [1.54, 1.807) is 36.5 Å². The van der Waals surface area contributed by atoms with Crippen LogP contribution in [0.15, 0.2) is 52.5 Å². The van der Waals surface area contributed by atoms with Crippen LogP contribution in [0, 0.1) is 6.92 Å². The van der Waals surface area contributed by atoms with Crippen LogP contribution >= 0.6 is 11.8 Å². The van der Waals surface area contributed by atoms with E-state index in [-0.39, 0.29) is 22.8 Å². The zero-order chi connectivity index (χ0) is 21.3. The highest BCUT2D eigenvalue weighted by molar-refractivity contribution is 7.99. The normalized spacial score (nSPS) is 17.8. The quantitative estimate of drug-likeness (QED) is 0.333. The van der Waals surface area contributed by atoms with E-state index in [0.717, 1.165) is 17.3 Å². The molecule has 3 heterocycles. The lowest BCUT2D eigenvalue weighted by atomic mass is 10.2. The molecule has 0 aliphatic carbocycles. The second-order valence-electron chi connectivity index (χ2n) is 7.05. The Hall–Kier alpha value is -2.72. The second kappa shape index (κ2) is 8.19. The first-order chi connectivity index (χ1) is 14.3. The van der Waals surface area contributed by atoms with Crippen molar-refractivity contribution in [2.45, 2.75) is 24.6 Å². The summed E-state index contributed by atoms with van der Waals surface area (Å²) in [5, 5.41) is 0.761. The summed E-state index contributed by atoms with van der Waals surface area (Å²) in [6.45, 7) is 1.89. The van der Waals surface area contributed by atoms with E-state index in [9.17, 15) is 18.0 Å². The highest BCUT2D eigenvalue weighted by Gasteiger charge is 2.30. The van der Waals surface area contributed by atoms with E-state index in [4.69, 9.17) is 4.74 Å². The fourth-order valence-electron chi connectivity index (χ4n) is 3.25. The van der Waals surface area contributed by atoms with Crippen molar-refractivity contribution in [3.63, 3.8) is 0 Å². The van der Waals surface area contributed by atoms with E-state index >= 15 is 0 Å². The summed E-state index contributed by atoms with van der Waals surface area (Å²) in [4.78, 5) is 34.3. The third kappa shape index (κ3) is 4.39. The number of hydrogen-bond acceptors (Lipinski definition) is 8. The van der Waals surface area contributed by atoms with E-state index in [0.29, 0.717) is 28.3 Å². The molecule has 0 bridgehead atoms. The van der Waals surface area contributed by atoms with Gasteiger partial charge in [-0.25, -0.2) is 23.0 Å². The van der Waals surface area contributed by atoms with Crippen molar-refractivity contribution in [2.75, 3.05) is 17.3 Å². The van der Waals surface area contributed by atoms with Crippen LogP contribution in [0.3, 0.4) is 0 Å². The van der Waals surface area contributed by atoms with Crippen molar-refractivity contribution in [2.24, 2.45) is 0 Å². The summed E-state index contributed by atoms with van der Waals surface area (Å²) in [5.41, 5.74) is 1.17. The van der Waals surface area contributed by atoms with Crippen molar-refractivity contribution >= 4 is 38.5 Å². The number of para-hydroxylation sites is 1. The molecule has 1 unspecified atom stereocenters. The molecule has 1 saturated heterocycles. The van der Waals surface area contributed by atoms with Gasteiger partial charge in [0.1, 0.15) is 11.9 Å². The van der Waals surface area contributed by atoms with Crippen LogP contribution < -0.4 is 5.56 Å². The van der Waals surface area contributed by atoms with Gasteiger partial charge in [-0.3, -0.25) is 9.59 Å². The zero-order valence-electron chi connectivity index (χ0n) is 16.1. The molecule has 1 atom stereocenters. The van der Waals surface area contributed by atoms with Crippen LogP contribution in [-0.2, 0) is 19.4 Å². The number of fused-ring (bicyclic) bond motifs is 1. The van der Waals surface area contributed by atoms with Crippen molar-refractivity contribution < 1.29 is 17.9 Å². The fraction of sp³-hybridized carbons (Fsp3) is 0.300. The number of pyridine rings is 1. The number of hydrogen-bond donors (Lipinski definition) is 0. The molecular formula is C20H19N3O5S2. The van der Waals surface area contributed by atoms with Crippen molar-refractivity contribution in [3.8, 4) is 5.82 Å². The smallest absolute Gasteiger partial charge is 0.316 e. The topological polar surface area (TPSA) is 108 Å². The van der Waals surface area contributed by atoms with Crippen molar-refractivity contribution in [1.82, 2.24) is 14.5 Å². The summed E-state index contributed by atoms with van der Waals surface area (Å²) < 4.78 is 29.7. The van der Waals surface area contributed by atoms with Gasteiger partial charge in [0.15, 0.2) is 15.0 Å². The Morgan fingerprint density at radius 2 is 2.10 bits per heavy atom. The van der Waals surface area contributed by atoms with Gasteiger partial charge in [-0.05, 0) is 43.2 Å². The molecule has 0 spiro atoms. The molecule has 2 aromatic heterocycles. The maximum atomic E-state index is 13.1. The van der Waals surface area contributed by atoms with Crippen LogP contribution in [0.2, 0.25) is 0 Å². The monoisotopic (exact) mass is 445 g/mol. The summed E-state index contributed by atoms with van der Waals surface area (Å²) in [6.07, 6.45) is 1.30. The van der Waals surface area contributed by atoms with Gasteiger partial charge in [0.05, 0.1) is 28.2 Å². The van der Waals surface area contributed by atoms with Crippen LogP contribution in [0.1, 0.15) is 12.0 Å². The Bertz CT molecular complexity index is 1290. The minimum Gasteiger partial charge on any atom is -0.461 e. The first kappa shape index (κ1) is 20.5. The molecular weight excluding hydrogens is 426 g/mol. The third-order valence-electron chi connectivity index (χ3n) is 4.68. The Morgan fingerprint density at radius 1 is 1.30 bits per heavy atom. The molecule has 30 heavy (non-hydrogen) atoms. The lowest BCUT2D eigenvalue weighted by molar-refractivity contribution is -0.144. The fourth-order valence-corrected chi connectivity index (χ4v) is 5.62. The predicted molar refractivity (Wildman–Crippen MR) is 114 cm³/mol. The van der Waals surface area contributed by atoms with Crippen molar-refractivity contribution in [3.05, 3.63) is 58.5 Å². The van der Waals surface area contributed by atoms with E-state index in [1.807, 2.05) is 13.0 Å². The summed E-state index contributed by atoms with van der Waals surface area (Å²) >= 11 is 1.06. The molecule has 8 nitrogen and oxygen atoms in total. The second-order valence-corrected chi connectivity index (χ2v) is 10.2. The molecule has 3 aromatic rings. The number of sulfone groups is 1. The van der Waals surface area contributed by atoms with Crippen molar-refractivity contribution in [1.29, 1.82) is 0 Å². The molecule has 1 fully saturated rings. The average Bonchev–Trinajstić information content (AvgIpc) is 3.04. The lowest BCUT2D eigenvalue weighted by Gasteiger charge is -2.13. The number of aryl methyl sites for hydroxylation is 1. The zero-order valence-corrected chi connectivity index (χ0v) is 17.8. The molecule has 4 rings (SSSR count). The summed E-state index contributed by atoms with van der Waals surface area (Å²) in [7, 11) is -3.14. The highest BCUT2D eigenvalue weighted by atomic mass is 32.2. The number of carbonyl (C=O) groups excluding carboxylic acids is 1. The number of nitrogens with zero attached hydrogens (tertiary/aromatic N) is 3. The molecule has 1 aliphatic rings. The van der Waals surface area contributed by atoms with Crippen LogP contribution in [0.4, 0.5) is 0 Å². The molecule has 156 valence electrons. The van der Waals surface area contributed by atoms with Gasteiger partial charge in [-0.15, -0.1) is 0 Å². The number of thioether (sulfide) groups is 1. The minimum atomic E-state index is -3.14. The first-order valence-electron chi connectivity index (χ1n) is 9.30. The van der Waals surface area contributed by atoms with Gasteiger partial charge >= 0.3 is 5.97 Å². The van der Waals surface area contributed by atoms with Gasteiger partial charge in [0.2, 0.25) is 0 Å². The molecule has 0 saturated carbocycles. The average molecular weight is 446 g/mol. The van der Waals surface area contributed by atoms with Crippen LogP contribution in [0.5, 0.6) is 0 Å². The van der Waals surface area contributed by atoms with Gasteiger partial charge in [0.25, 0.3) is 5.56 Å². The first-order valence-corrected chi connectivity index (χ1v) is 12.1. The molecule has 1 aromatic carbocycles. The molecule has 0 radical (unpaired) electrons. The summed E-state index contributed by atoms with van der Waals surface area (Å²) in [5.74, 6) is -0.352. The predicted octanol–water partition coefficient (Wildman–Crippen LogP) is 1.91. The minimum absolute atomic E-state index is 0.0306. The highest BCUT2D eigenvalue weighted by Crippen LogP contribution is 2.22. The Kier molecular flexibility index (Phi) is 5.61. The maximum absolute atomic E-state index is 13.1. The summed E-state index contributed by atoms with van der Waals surface area (Å²) in [6, 6.07) is 10.6. The molecule has 0 amide bonds. The number of ether oxygens (including phenoxy) is 1. The van der Waals surface area contributed by atoms with E-state index in [2.05, 4.69) is 9.97 Å². The van der Waals surface area contributed by atoms with Gasteiger partial charge < -0.3 is 4.74 Å². The SMILES string of the molecule is Cc1ccnc(-n2c(SCC(=O)OC3CCS(=O)(=O)C3)nc3ccccc3c2=O)c1. The van der Waals surface area contributed by atoms with Crippen LogP contribution in [-0.4, -0.2) is 52.3 Å². The number of esters is 1. The Labute approximate surface area is 177 Å². The van der Waals surface area contributed by atoms with Gasteiger partial charge in [-0.1, -0.05) is 23.9 Å². The number of rotatable bonds is 5. The standard InChI is InChI=1S/C20H19N3O5S2/c1-13-6-8-21-17(10-13)23-19(25)15-4-2-3-5-16(15)22-20(23)29-11-18(24)28-14-7-9-30(26,27)12-14/h2-6,8,10,14H,7,9,11-12H2,1H3. The van der Waals surface area contributed by atoms with E-state index < -0.39 is 21.9 Å². The maximum Gasteiger partial charge on any atom is 0.316 e. The van der Waals surface area contributed by atoms with Gasteiger partial charge in [-0.2, -0.15) is 0 Å². The number of benzene rings is 1. The number of aromatic nitrogens is 3. The van der Waals surface area contributed by atoms with E-state index in [1.165, 1.54) is 4.57 Å². The van der Waals surface area contributed by atoms with Crippen LogP contribution in [0.25, 0.3) is 16.7 Å². The third-order valence-corrected chi connectivity index (χ3v) is 7.33. The number of carbonyl (C=O) groups is 1. The molecule has 0 N–H and O–H groups in total. The molecule has 10 heteroatoms.